The summed E-state index contributed by atoms with van der Waals surface area (Å²) in [4.78, 5) is 15.2. The van der Waals surface area contributed by atoms with Gasteiger partial charge in [-0.3, -0.25) is 4.79 Å². The van der Waals surface area contributed by atoms with E-state index in [1.165, 1.54) is 24.3 Å². The van der Waals surface area contributed by atoms with Gasteiger partial charge in [0, 0.05) is 23.7 Å². The number of amides is 1. The fourth-order valence-corrected chi connectivity index (χ4v) is 6.54. The highest BCUT2D eigenvalue weighted by molar-refractivity contribution is 7.91. The maximum absolute atomic E-state index is 13.6. The molecule has 0 spiro atoms. The first-order valence-corrected chi connectivity index (χ1v) is 16.2. The highest BCUT2D eigenvalue weighted by Gasteiger charge is 2.44. The molecule has 2 heterocycles. The Labute approximate surface area is 263 Å². The summed E-state index contributed by atoms with van der Waals surface area (Å²) < 4.78 is 91.0. The van der Waals surface area contributed by atoms with Gasteiger partial charge in [0.1, 0.15) is 0 Å². The van der Waals surface area contributed by atoms with E-state index in [4.69, 9.17) is 0 Å². The molecule has 0 aliphatic carbocycles. The van der Waals surface area contributed by atoms with Crippen LogP contribution in [0.2, 0.25) is 0 Å². The summed E-state index contributed by atoms with van der Waals surface area (Å²) in [7, 11) is -3.41. The van der Waals surface area contributed by atoms with E-state index in [2.05, 4.69) is 19.5 Å². The van der Waals surface area contributed by atoms with Crippen LogP contribution in [0.4, 0.5) is 23.2 Å². The predicted octanol–water partition coefficient (Wildman–Crippen LogP) is 6.18. The number of halogens is 4. The summed E-state index contributed by atoms with van der Waals surface area (Å²) >= 11 is 0. The minimum absolute atomic E-state index is 0.0534. The number of ether oxygens (including phenoxy) is 3. The zero-order chi connectivity index (χ0) is 33.1. The van der Waals surface area contributed by atoms with E-state index in [9.17, 15) is 36.0 Å². The number of nitrogens with one attached hydrogen (secondary N) is 1. The van der Waals surface area contributed by atoms with Gasteiger partial charge in [-0.25, -0.2) is 8.42 Å². The van der Waals surface area contributed by atoms with Crippen LogP contribution in [0.5, 0.6) is 11.5 Å². The third-order valence-electron chi connectivity index (χ3n) is 8.10. The van der Waals surface area contributed by atoms with Crippen molar-refractivity contribution in [2.75, 3.05) is 23.8 Å². The van der Waals surface area contributed by atoms with E-state index in [0.29, 0.717) is 30.6 Å². The summed E-state index contributed by atoms with van der Waals surface area (Å²) in [5.74, 6) is -0.831. The number of alkyl halides is 4. The largest absolute Gasteiger partial charge is 0.586 e. The number of carbonyl (C=O) groups excluding carboxylic acids is 1. The second kappa shape index (κ2) is 13.6. The fourth-order valence-electron chi connectivity index (χ4n) is 5.66. The number of anilines is 1. The first kappa shape index (κ1) is 33.0. The van der Waals surface area contributed by atoms with Crippen LogP contribution in [0.25, 0.3) is 0 Å². The molecule has 3 atom stereocenters. The normalized spacial score (nSPS) is 19.5. The lowest BCUT2D eigenvalue weighted by Crippen LogP contribution is -2.45. The molecule has 0 saturated carbocycles. The first-order chi connectivity index (χ1) is 21.9. The topological polar surface area (TPSA) is 118 Å². The molecule has 1 fully saturated rings. The third-order valence-corrected chi connectivity index (χ3v) is 9.85. The Morgan fingerprint density at radius 2 is 1.76 bits per heavy atom. The van der Waals surface area contributed by atoms with Gasteiger partial charge in [-0.2, -0.15) is 14.0 Å². The molecular formula is C32H31F4N3O6S. The average molecular weight is 662 g/mol. The number of hydrogen-bond acceptors (Lipinski definition) is 8. The molecule has 244 valence electrons. The van der Waals surface area contributed by atoms with E-state index < -0.39 is 40.7 Å². The van der Waals surface area contributed by atoms with Gasteiger partial charge in [0.05, 0.1) is 41.8 Å². The lowest BCUT2D eigenvalue weighted by Gasteiger charge is -2.41. The standard InChI is InChI=1S/C32H31F4N3O6S/c1-2-46(41,42)26-12-6-20(7-13-26)27(15-16-37)38-30(40)21-3-9-24(10-4-21)39-18-23(5-11-25(39)19-43-31(33)34)22-8-14-28-29(17-22)45-32(35,36)44-28/h3-4,6-10,12-14,17,23,25,27,31H,2,5,11,15,18-19H2,1H3,(H,38,40)/t23-,25+,27+/m1/s1. The highest BCUT2D eigenvalue weighted by atomic mass is 32.2. The number of piperidine rings is 1. The number of rotatable bonds is 11. The molecule has 2 aliphatic heterocycles. The van der Waals surface area contributed by atoms with Crippen LogP contribution in [0.1, 0.15) is 59.6 Å². The summed E-state index contributed by atoms with van der Waals surface area (Å²) in [6.07, 6.45) is -2.75. The minimum atomic E-state index is -3.75. The Hall–Kier alpha value is -4.35. The van der Waals surface area contributed by atoms with Crippen molar-refractivity contribution in [3.8, 4) is 17.6 Å². The van der Waals surface area contributed by atoms with Gasteiger partial charge < -0.3 is 24.4 Å². The maximum Gasteiger partial charge on any atom is 0.586 e. The van der Waals surface area contributed by atoms with Crippen LogP contribution < -0.4 is 19.7 Å². The lowest BCUT2D eigenvalue weighted by atomic mass is 9.87. The van der Waals surface area contributed by atoms with Gasteiger partial charge in [0.2, 0.25) is 0 Å². The van der Waals surface area contributed by atoms with Crippen LogP contribution in [0.3, 0.4) is 0 Å². The molecule has 0 unspecified atom stereocenters. The van der Waals surface area contributed by atoms with Crippen molar-refractivity contribution in [2.24, 2.45) is 0 Å². The maximum atomic E-state index is 13.6. The average Bonchev–Trinajstić information content (AvgIpc) is 3.36. The molecule has 0 bridgehead atoms. The van der Waals surface area contributed by atoms with Gasteiger partial charge in [0.15, 0.2) is 21.3 Å². The molecule has 1 saturated heterocycles. The summed E-state index contributed by atoms with van der Waals surface area (Å²) in [5.41, 5.74) is 2.20. The number of nitriles is 1. The smallest absolute Gasteiger partial charge is 0.395 e. The van der Waals surface area contributed by atoms with Gasteiger partial charge in [-0.05, 0) is 72.5 Å². The van der Waals surface area contributed by atoms with Gasteiger partial charge >= 0.3 is 12.9 Å². The monoisotopic (exact) mass is 661 g/mol. The first-order valence-electron chi connectivity index (χ1n) is 14.6. The molecule has 3 aromatic rings. The molecule has 0 aromatic heterocycles. The molecule has 9 nitrogen and oxygen atoms in total. The lowest BCUT2D eigenvalue weighted by molar-refractivity contribution is -0.286. The number of carbonyl (C=O) groups is 1. The Morgan fingerprint density at radius 3 is 2.41 bits per heavy atom. The molecule has 46 heavy (non-hydrogen) atoms. The zero-order valence-corrected chi connectivity index (χ0v) is 25.5. The summed E-state index contributed by atoms with van der Waals surface area (Å²) in [6, 6.07) is 18.0. The number of hydrogen-bond donors (Lipinski definition) is 1. The van der Waals surface area contributed by atoms with Crippen molar-refractivity contribution in [1.82, 2.24) is 5.32 Å². The molecule has 5 rings (SSSR count). The van der Waals surface area contributed by atoms with E-state index in [1.807, 2.05) is 11.0 Å². The highest BCUT2D eigenvalue weighted by Crippen LogP contribution is 2.44. The molecule has 3 aromatic carbocycles. The number of fused-ring (bicyclic) bond motifs is 1. The second-order valence-electron chi connectivity index (χ2n) is 11.0. The van der Waals surface area contributed by atoms with Gasteiger partial charge in [-0.1, -0.05) is 25.1 Å². The number of benzene rings is 3. The Bertz CT molecular complexity index is 1700. The van der Waals surface area contributed by atoms with Crippen molar-refractivity contribution in [2.45, 2.75) is 62.0 Å². The predicted molar refractivity (Wildman–Crippen MR) is 159 cm³/mol. The van der Waals surface area contributed by atoms with Crippen LogP contribution in [-0.4, -0.2) is 52.2 Å². The van der Waals surface area contributed by atoms with Crippen molar-refractivity contribution in [3.05, 3.63) is 83.4 Å². The molecule has 1 amide bonds. The quantitative estimate of drug-likeness (QED) is 0.242. The Morgan fingerprint density at radius 1 is 1.07 bits per heavy atom. The van der Waals surface area contributed by atoms with E-state index in [1.54, 1.807) is 49.4 Å². The minimum Gasteiger partial charge on any atom is -0.395 e. The fraction of sp³-hybridized carbons (Fsp3) is 0.375. The van der Waals surface area contributed by atoms with Crippen LogP contribution in [-0.2, 0) is 14.6 Å². The molecule has 2 aliphatic rings. The Balaban J connectivity index is 1.32. The van der Waals surface area contributed by atoms with Gasteiger partial charge in [-0.15, -0.1) is 8.78 Å². The zero-order valence-electron chi connectivity index (χ0n) is 24.7. The summed E-state index contributed by atoms with van der Waals surface area (Å²) in [5, 5.41) is 12.2. The molecular weight excluding hydrogens is 630 g/mol. The third kappa shape index (κ3) is 7.54. The van der Waals surface area contributed by atoms with E-state index >= 15 is 0 Å². The van der Waals surface area contributed by atoms with Crippen molar-refractivity contribution in [1.29, 1.82) is 5.26 Å². The SMILES string of the molecule is CCS(=O)(=O)c1ccc([C@H](CC#N)NC(=O)c2ccc(N3C[C@H](c4ccc5c(c4)OC(F)(F)O5)CC[C@H]3COC(F)F)cc2)cc1. The van der Waals surface area contributed by atoms with Crippen LogP contribution in [0, 0.1) is 11.3 Å². The van der Waals surface area contributed by atoms with Crippen molar-refractivity contribution in [3.63, 3.8) is 0 Å². The van der Waals surface area contributed by atoms with Crippen molar-refractivity contribution < 1.29 is 45.0 Å². The molecule has 1 N–H and O–H groups in total. The summed E-state index contributed by atoms with van der Waals surface area (Å²) in [6.45, 7) is -1.30. The van der Waals surface area contributed by atoms with Crippen LogP contribution >= 0.6 is 0 Å². The van der Waals surface area contributed by atoms with Crippen LogP contribution in [0.15, 0.2) is 71.6 Å². The molecule has 0 radical (unpaired) electrons. The van der Waals surface area contributed by atoms with Gasteiger partial charge in [0.25, 0.3) is 5.91 Å². The Kier molecular flexibility index (Phi) is 9.74. The number of nitrogens with zero attached hydrogens (tertiary/aromatic N) is 2. The molecule has 14 heteroatoms. The van der Waals surface area contributed by atoms with E-state index in [-0.39, 0.29) is 46.7 Å². The van der Waals surface area contributed by atoms with E-state index in [0.717, 1.165) is 5.56 Å². The van der Waals surface area contributed by atoms with Crippen molar-refractivity contribution >= 4 is 21.4 Å². The number of sulfone groups is 1. The second-order valence-corrected chi connectivity index (χ2v) is 13.2.